The van der Waals surface area contributed by atoms with Crippen LogP contribution < -0.4 is 9.47 Å². The average molecular weight is 583 g/mol. The van der Waals surface area contributed by atoms with E-state index in [1.807, 2.05) is 0 Å². The summed E-state index contributed by atoms with van der Waals surface area (Å²) < 4.78 is 22.9. The number of ether oxygens (including phenoxy) is 4. The molecule has 12 heteroatoms. The second-order valence-corrected chi connectivity index (χ2v) is 11.7. The fraction of sp³-hybridized carbons (Fsp3) is 0.467. The van der Waals surface area contributed by atoms with Crippen molar-refractivity contribution < 1.29 is 58.6 Å². The van der Waals surface area contributed by atoms with Gasteiger partial charge in [-0.15, -0.1) is 0 Å². The minimum absolute atomic E-state index is 0.0264. The molecule has 42 heavy (non-hydrogen) atoms. The van der Waals surface area contributed by atoms with Crippen molar-refractivity contribution in [1.29, 1.82) is 0 Å². The average Bonchev–Trinajstić information content (AvgIpc) is 3.48. The SMILES string of the molecule is C[C@H]1CC(=O)O[C@@H]1[C@@]1(CO)CC(=O)c2c(ccc(-c3ccc4c(c3O)C(=O)C[C@](CO)([C@H]3OC(=O)C[C@@H]3C)O4)c2O)O1. The van der Waals surface area contributed by atoms with E-state index in [4.69, 9.17) is 18.9 Å². The standard InChI is InChI=1S/C30H30O12/c1-13-7-21(35)39-27(13)29(11-31)9-17(33)23-19(41-29)5-3-15(25(23)37)16-4-6-20-24(26(16)38)18(34)10-30(12-32,42-20)28-14(2)8-22(36)40-28/h3-6,13-14,27-28,31-32,37-38H,7-12H2,1-2H3/t13-,14-,27-,28-,29-,30-/m0/s1. The molecule has 0 radical (unpaired) electrons. The third-order valence-corrected chi connectivity index (χ3v) is 8.77. The lowest BCUT2D eigenvalue weighted by molar-refractivity contribution is -0.156. The van der Waals surface area contributed by atoms with E-state index < -0.39 is 71.6 Å². The Morgan fingerprint density at radius 2 is 1.07 bits per heavy atom. The summed E-state index contributed by atoms with van der Waals surface area (Å²) >= 11 is 0. The zero-order valence-electron chi connectivity index (χ0n) is 22.9. The van der Waals surface area contributed by atoms with Crippen LogP contribution in [-0.2, 0) is 19.1 Å². The second-order valence-electron chi connectivity index (χ2n) is 11.7. The normalized spacial score (nSPS) is 32.0. The summed E-state index contributed by atoms with van der Waals surface area (Å²) in [6, 6.07) is 5.59. The van der Waals surface area contributed by atoms with E-state index in [0.717, 1.165) is 0 Å². The molecule has 12 nitrogen and oxygen atoms in total. The molecule has 2 saturated heterocycles. The summed E-state index contributed by atoms with van der Waals surface area (Å²) in [4.78, 5) is 50.5. The van der Waals surface area contributed by atoms with E-state index >= 15 is 0 Å². The highest BCUT2D eigenvalue weighted by Crippen LogP contribution is 2.51. The maximum Gasteiger partial charge on any atom is 0.306 e. The Labute approximate surface area is 239 Å². The molecular formula is C30H30O12. The van der Waals surface area contributed by atoms with Gasteiger partial charge in [-0.2, -0.15) is 0 Å². The third-order valence-electron chi connectivity index (χ3n) is 8.77. The van der Waals surface area contributed by atoms with Gasteiger partial charge in [0.1, 0.15) is 46.3 Å². The minimum Gasteiger partial charge on any atom is -0.506 e. The van der Waals surface area contributed by atoms with E-state index in [1.165, 1.54) is 24.3 Å². The summed E-state index contributed by atoms with van der Waals surface area (Å²) in [6.07, 6.45) is -2.24. The van der Waals surface area contributed by atoms with Gasteiger partial charge in [0.15, 0.2) is 22.8 Å². The molecule has 6 rings (SSSR count). The van der Waals surface area contributed by atoms with Crippen molar-refractivity contribution in [3.05, 3.63) is 35.4 Å². The molecule has 0 bridgehead atoms. The fourth-order valence-electron chi connectivity index (χ4n) is 6.80. The Morgan fingerprint density at radius 3 is 1.38 bits per heavy atom. The molecule has 222 valence electrons. The molecule has 0 saturated carbocycles. The number of phenols is 2. The first-order chi connectivity index (χ1) is 19.9. The van der Waals surface area contributed by atoms with Crippen LogP contribution in [0.4, 0.5) is 0 Å². The predicted molar refractivity (Wildman–Crippen MR) is 141 cm³/mol. The Bertz CT molecular complexity index is 1420. The Kier molecular flexibility index (Phi) is 6.46. The van der Waals surface area contributed by atoms with Gasteiger partial charge in [0.05, 0.1) is 38.9 Å². The first kappa shape index (κ1) is 28.0. The molecular weight excluding hydrogens is 552 g/mol. The topological polar surface area (TPSA) is 186 Å². The molecule has 0 unspecified atom stereocenters. The number of aromatic hydroxyl groups is 2. The molecule has 2 aromatic carbocycles. The Balaban J connectivity index is 1.36. The molecule has 4 heterocycles. The van der Waals surface area contributed by atoms with Crippen LogP contribution in [0, 0.1) is 11.8 Å². The monoisotopic (exact) mass is 582 g/mol. The Hall–Kier alpha value is -4.16. The van der Waals surface area contributed by atoms with Gasteiger partial charge >= 0.3 is 11.9 Å². The molecule has 2 aromatic rings. The lowest BCUT2D eigenvalue weighted by Crippen LogP contribution is -2.56. The first-order valence-corrected chi connectivity index (χ1v) is 13.7. The number of ketones is 2. The van der Waals surface area contributed by atoms with Crippen molar-refractivity contribution in [3.63, 3.8) is 0 Å². The lowest BCUT2D eigenvalue weighted by Gasteiger charge is -2.41. The summed E-state index contributed by atoms with van der Waals surface area (Å²) in [6.45, 7) is 2.30. The van der Waals surface area contributed by atoms with E-state index in [-0.39, 0.29) is 71.3 Å². The molecule has 4 aliphatic heterocycles. The van der Waals surface area contributed by atoms with E-state index in [1.54, 1.807) is 13.8 Å². The van der Waals surface area contributed by atoms with Crippen LogP contribution in [0.25, 0.3) is 11.1 Å². The summed E-state index contributed by atoms with van der Waals surface area (Å²) in [5.41, 5.74) is -3.33. The van der Waals surface area contributed by atoms with E-state index in [0.29, 0.717) is 0 Å². The van der Waals surface area contributed by atoms with Gasteiger partial charge in [0, 0.05) is 23.0 Å². The molecule has 2 fully saturated rings. The summed E-state index contributed by atoms with van der Waals surface area (Å²) in [5.74, 6) is -3.74. The van der Waals surface area contributed by atoms with Crippen LogP contribution in [-0.4, -0.2) is 80.6 Å². The van der Waals surface area contributed by atoms with Crippen molar-refractivity contribution in [2.45, 2.75) is 62.9 Å². The highest BCUT2D eigenvalue weighted by atomic mass is 16.6. The number of hydrogen-bond donors (Lipinski definition) is 4. The molecule has 0 spiro atoms. The van der Waals surface area contributed by atoms with Gasteiger partial charge in [-0.25, -0.2) is 0 Å². The van der Waals surface area contributed by atoms with Crippen molar-refractivity contribution >= 4 is 23.5 Å². The number of phenolic OH excluding ortho intramolecular Hbond substituents is 2. The highest BCUT2D eigenvalue weighted by Gasteiger charge is 2.55. The highest BCUT2D eigenvalue weighted by molar-refractivity contribution is 6.07. The second kappa shape index (κ2) is 9.70. The van der Waals surface area contributed by atoms with Crippen molar-refractivity contribution in [1.82, 2.24) is 0 Å². The number of aliphatic hydroxyl groups is 2. The van der Waals surface area contributed by atoms with Gasteiger partial charge in [0.25, 0.3) is 0 Å². The predicted octanol–water partition coefficient (Wildman–Crippen LogP) is 2.06. The number of cyclic esters (lactones) is 2. The maximum atomic E-state index is 13.4. The van der Waals surface area contributed by atoms with Crippen LogP contribution in [0.3, 0.4) is 0 Å². The number of carbonyl (C=O) groups excluding carboxylic acids is 4. The van der Waals surface area contributed by atoms with Crippen LogP contribution in [0.15, 0.2) is 24.3 Å². The van der Waals surface area contributed by atoms with E-state index in [9.17, 15) is 39.6 Å². The molecule has 0 amide bonds. The third kappa shape index (κ3) is 4.03. The van der Waals surface area contributed by atoms with Crippen LogP contribution >= 0.6 is 0 Å². The van der Waals surface area contributed by atoms with Crippen molar-refractivity contribution in [3.8, 4) is 34.1 Å². The fourth-order valence-corrected chi connectivity index (χ4v) is 6.80. The smallest absolute Gasteiger partial charge is 0.306 e. The molecule has 0 aromatic heterocycles. The summed E-state index contributed by atoms with van der Waals surface area (Å²) in [5, 5.41) is 42.9. The van der Waals surface area contributed by atoms with Gasteiger partial charge in [-0.05, 0) is 24.3 Å². The number of benzene rings is 2. The van der Waals surface area contributed by atoms with Crippen molar-refractivity contribution in [2.75, 3.05) is 13.2 Å². The number of hydrogen-bond acceptors (Lipinski definition) is 12. The zero-order valence-corrected chi connectivity index (χ0v) is 22.9. The first-order valence-electron chi connectivity index (χ1n) is 13.7. The number of Topliss-reactive ketones (excluding diaryl/α,β-unsaturated/α-hetero) is 2. The lowest BCUT2D eigenvalue weighted by atomic mass is 9.79. The van der Waals surface area contributed by atoms with Gasteiger partial charge in [-0.3, -0.25) is 19.2 Å². The van der Waals surface area contributed by atoms with Gasteiger partial charge in [-0.1, -0.05) is 13.8 Å². The summed E-state index contributed by atoms with van der Waals surface area (Å²) in [7, 11) is 0. The number of esters is 2. The van der Waals surface area contributed by atoms with Crippen LogP contribution in [0.1, 0.15) is 60.2 Å². The molecule has 6 atom stereocenters. The van der Waals surface area contributed by atoms with Gasteiger partial charge < -0.3 is 39.4 Å². The number of rotatable bonds is 5. The molecule has 4 aliphatic rings. The number of fused-ring (bicyclic) bond motifs is 2. The zero-order chi connectivity index (χ0) is 30.1. The number of carbonyl (C=O) groups is 4. The maximum absolute atomic E-state index is 13.4. The Morgan fingerprint density at radius 1 is 0.690 bits per heavy atom. The number of aliphatic hydroxyl groups excluding tert-OH is 2. The van der Waals surface area contributed by atoms with Crippen LogP contribution in [0.5, 0.6) is 23.0 Å². The van der Waals surface area contributed by atoms with Crippen LogP contribution in [0.2, 0.25) is 0 Å². The molecule has 4 N–H and O–H groups in total. The van der Waals surface area contributed by atoms with Gasteiger partial charge in [0.2, 0.25) is 0 Å². The quantitative estimate of drug-likeness (QED) is 0.377. The van der Waals surface area contributed by atoms with Crippen molar-refractivity contribution in [2.24, 2.45) is 11.8 Å². The molecule has 0 aliphatic carbocycles. The largest absolute Gasteiger partial charge is 0.506 e. The van der Waals surface area contributed by atoms with E-state index in [2.05, 4.69) is 0 Å². The minimum atomic E-state index is -1.52.